The fraction of sp³-hybridized carbons (Fsp3) is 0.385. The van der Waals surface area contributed by atoms with E-state index in [1.807, 2.05) is 43.0 Å². The molecule has 82 valence electrons. The molecule has 0 aliphatic heterocycles. The highest BCUT2D eigenvalue weighted by Gasteiger charge is 2.18. The Morgan fingerprint density at radius 2 is 2.07 bits per heavy atom. The first kappa shape index (κ1) is 12.3. The van der Waals surface area contributed by atoms with Crippen LogP contribution in [0.25, 0.3) is 0 Å². The molecule has 0 saturated carbocycles. The van der Waals surface area contributed by atoms with Crippen molar-refractivity contribution in [1.82, 2.24) is 0 Å². The maximum Gasteiger partial charge on any atom is 0.0519 e. The Morgan fingerprint density at radius 1 is 1.40 bits per heavy atom. The number of aliphatic hydroxyl groups is 1. The predicted octanol–water partition coefficient (Wildman–Crippen LogP) is 3.35. The van der Waals surface area contributed by atoms with E-state index in [1.165, 1.54) is 4.90 Å². The Balaban J connectivity index is 2.36. The molecule has 1 aromatic rings. The van der Waals surface area contributed by atoms with Gasteiger partial charge in [0.2, 0.25) is 0 Å². The summed E-state index contributed by atoms with van der Waals surface area (Å²) in [6.45, 7) is 5.97. The van der Waals surface area contributed by atoms with Crippen molar-refractivity contribution in [2.24, 2.45) is 5.41 Å². The maximum absolute atomic E-state index is 9.20. The average Bonchev–Trinajstić information content (AvgIpc) is 2.30. The molecule has 0 amide bonds. The van der Waals surface area contributed by atoms with E-state index in [9.17, 15) is 5.11 Å². The number of hydrogen-bond acceptors (Lipinski definition) is 2. The third-order valence-electron chi connectivity index (χ3n) is 2.54. The van der Waals surface area contributed by atoms with Crippen LogP contribution < -0.4 is 0 Å². The Hall–Kier alpha value is -0.730. The molecule has 0 heterocycles. The Bertz CT molecular complexity index is 297. The minimum atomic E-state index is -0.137. The quantitative estimate of drug-likeness (QED) is 0.588. The van der Waals surface area contributed by atoms with Gasteiger partial charge in [0.05, 0.1) is 6.61 Å². The van der Waals surface area contributed by atoms with Crippen molar-refractivity contribution >= 4 is 11.8 Å². The van der Waals surface area contributed by atoms with Gasteiger partial charge < -0.3 is 5.11 Å². The zero-order chi connectivity index (χ0) is 11.1. The largest absolute Gasteiger partial charge is 0.395 e. The molecule has 1 aromatic carbocycles. The summed E-state index contributed by atoms with van der Waals surface area (Å²) >= 11 is 1.82. The van der Waals surface area contributed by atoms with E-state index in [-0.39, 0.29) is 12.0 Å². The van der Waals surface area contributed by atoms with Crippen LogP contribution >= 0.6 is 11.8 Å². The molecule has 1 atom stereocenters. The van der Waals surface area contributed by atoms with Crippen molar-refractivity contribution in [2.45, 2.75) is 18.2 Å². The lowest BCUT2D eigenvalue weighted by Crippen LogP contribution is -2.18. The highest BCUT2D eigenvalue weighted by atomic mass is 32.2. The molecular formula is C13H18OS. The summed E-state index contributed by atoms with van der Waals surface area (Å²) < 4.78 is 0. The summed E-state index contributed by atoms with van der Waals surface area (Å²) in [5.41, 5.74) is -0.137. The second-order valence-corrected chi connectivity index (χ2v) is 5.10. The van der Waals surface area contributed by atoms with E-state index < -0.39 is 0 Å². The van der Waals surface area contributed by atoms with Crippen LogP contribution in [0.2, 0.25) is 0 Å². The van der Waals surface area contributed by atoms with Crippen LogP contribution in [0.15, 0.2) is 47.9 Å². The van der Waals surface area contributed by atoms with Crippen LogP contribution in [0, 0.1) is 5.41 Å². The van der Waals surface area contributed by atoms with Crippen LogP contribution in [0.1, 0.15) is 13.3 Å². The zero-order valence-corrected chi connectivity index (χ0v) is 9.96. The topological polar surface area (TPSA) is 20.2 Å². The lowest BCUT2D eigenvalue weighted by atomic mass is 9.89. The normalized spacial score (nSPS) is 14.5. The van der Waals surface area contributed by atoms with Crippen molar-refractivity contribution in [3.63, 3.8) is 0 Å². The summed E-state index contributed by atoms with van der Waals surface area (Å²) in [6, 6.07) is 10.3. The molecule has 0 saturated heterocycles. The third kappa shape index (κ3) is 4.10. The van der Waals surface area contributed by atoms with Crippen molar-refractivity contribution in [1.29, 1.82) is 0 Å². The fourth-order valence-electron chi connectivity index (χ4n) is 1.16. The predicted molar refractivity (Wildman–Crippen MR) is 67.2 cm³/mol. The fourth-order valence-corrected chi connectivity index (χ4v) is 2.32. The number of benzene rings is 1. The lowest BCUT2D eigenvalue weighted by Gasteiger charge is -2.22. The van der Waals surface area contributed by atoms with E-state index >= 15 is 0 Å². The zero-order valence-electron chi connectivity index (χ0n) is 9.15. The van der Waals surface area contributed by atoms with Gasteiger partial charge in [-0.1, -0.05) is 31.2 Å². The molecule has 0 aliphatic carbocycles. The van der Waals surface area contributed by atoms with E-state index in [1.54, 1.807) is 0 Å². The van der Waals surface area contributed by atoms with Crippen LogP contribution in [0.4, 0.5) is 0 Å². The number of aliphatic hydroxyl groups excluding tert-OH is 1. The van der Waals surface area contributed by atoms with Gasteiger partial charge in [-0.15, -0.1) is 18.3 Å². The van der Waals surface area contributed by atoms with Gasteiger partial charge in [-0.05, 0) is 24.3 Å². The highest BCUT2D eigenvalue weighted by Crippen LogP contribution is 2.27. The Kier molecular flexibility index (Phi) is 4.92. The van der Waals surface area contributed by atoms with Crippen LogP contribution in [-0.4, -0.2) is 17.5 Å². The summed E-state index contributed by atoms with van der Waals surface area (Å²) in [4.78, 5) is 1.28. The van der Waals surface area contributed by atoms with Gasteiger partial charge in [0, 0.05) is 10.3 Å². The summed E-state index contributed by atoms with van der Waals surface area (Å²) in [6.07, 6.45) is 2.80. The first-order valence-electron chi connectivity index (χ1n) is 5.12. The first-order chi connectivity index (χ1) is 7.20. The minimum Gasteiger partial charge on any atom is -0.395 e. The van der Waals surface area contributed by atoms with E-state index in [0.717, 1.165) is 12.2 Å². The molecule has 0 bridgehead atoms. The van der Waals surface area contributed by atoms with Crippen molar-refractivity contribution in [2.75, 3.05) is 12.4 Å². The van der Waals surface area contributed by atoms with Gasteiger partial charge in [-0.2, -0.15) is 0 Å². The second-order valence-electron chi connectivity index (χ2n) is 3.93. The van der Waals surface area contributed by atoms with Crippen LogP contribution in [0.5, 0.6) is 0 Å². The molecule has 0 spiro atoms. The molecular weight excluding hydrogens is 204 g/mol. The Morgan fingerprint density at radius 3 is 2.60 bits per heavy atom. The van der Waals surface area contributed by atoms with E-state index in [0.29, 0.717) is 0 Å². The van der Waals surface area contributed by atoms with E-state index in [2.05, 4.69) is 18.7 Å². The van der Waals surface area contributed by atoms with Crippen molar-refractivity contribution < 1.29 is 5.11 Å². The number of thioether (sulfide) groups is 1. The van der Waals surface area contributed by atoms with Gasteiger partial charge in [0.1, 0.15) is 0 Å². The number of rotatable bonds is 6. The monoisotopic (exact) mass is 222 g/mol. The standard InChI is InChI=1S/C13H18OS/c1-3-13(2,11-14)9-10-15-12-7-5-4-6-8-12/h3-8,14H,1,9-11H2,2H3. The Labute approximate surface area is 96.2 Å². The average molecular weight is 222 g/mol. The maximum atomic E-state index is 9.20. The molecule has 1 nitrogen and oxygen atoms in total. The van der Waals surface area contributed by atoms with Crippen molar-refractivity contribution in [3.05, 3.63) is 43.0 Å². The smallest absolute Gasteiger partial charge is 0.0519 e. The van der Waals surface area contributed by atoms with Gasteiger partial charge in [0.15, 0.2) is 0 Å². The SMILES string of the molecule is C=CC(C)(CO)CCSc1ccccc1. The molecule has 1 rings (SSSR count). The van der Waals surface area contributed by atoms with Gasteiger partial charge >= 0.3 is 0 Å². The molecule has 0 aliphatic rings. The molecule has 15 heavy (non-hydrogen) atoms. The van der Waals surface area contributed by atoms with Crippen LogP contribution in [0.3, 0.4) is 0 Å². The summed E-state index contributed by atoms with van der Waals surface area (Å²) in [5.74, 6) is 1.01. The number of hydrogen-bond donors (Lipinski definition) is 1. The lowest BCUT2D eigenvalue weighted by molar-refractivity contribution is 0.182. The molecule has 2 heteroatoms. The van der Waals surface area contributed by atoms with Crippen LogP contribution in [-0.2, 0) is 0 Å². The van der Waals surface area contributed by atoms with Crippen molar-refractivity contribution in [3.8, 4) is 0 Å². The van der Waals surface area contributed by atoms with Gasteiger partial charge in [-0.3, -0.25) is 0 Å². The minimum absolute atomic E-state index is 0.137. The molecule has 0 aromatic heterocycles. The van der Waals surface area contributed by atoms with E-state index in [4.69, 9.17) is 0 Å². The summed E-state index contributed by atoms with van der Waals surface area (Å²) in [7, 11) is 0. The first-order valence-corrected chi connectivity index (χ1v) is 6.11. The molecule has 1 N–H and O–H groups in total. The summed E-state index contributed by atoms with van der Waals surface area (Å²) in [5, 5.41) is 9.20. The highest BCUT2D eigenvalue weighted by molar-refractivity contribution is 7.99. The van der Waals surface area contributed by atoms with Gasteiger partial charge in [0.25, 0.3) is 0 Å². The second kappa shape index (κ2) is 5.99. The third-order valence-corrected chi connectivity index (χ3v) is 3.55. The molecule has 0 radical (unpaired) electrons. The molecule has 1 unspecified atom stereocenters. The van der Waals surface area contributed by atoms with Gasteiger partial charge in [-0.25, -0.2) is 0 Å². The molecule has 0 fully saturated rings.